The van der Waals surface area contributed by atoms with Gasteiger partial charge in [0.25, 0.3) is 5.91 Å². The highest BCUT2D eigenvalue weighted by Crippen LogP contribution is 2.30. The van der Waals surface area contributed by atoms with Gasteiger partial charge in [0.2, 0.25) is 0 Å². The first-order valence-corrected chi connectivity index (χ1v) is 10.8. The van der Waals surface area contributed by atoms with Crippen LogP contribution >= 0.6 is 11.3 Å². The number of fused-ring (bicyclic) bond motifs is 1. The third-order valence-corrected chi connectivity index (χ3v) is 6.75. The van der Waals surface area contributed by atoms with Crippen LogP contribution in [0.1, 0.15) is 33.9 Å². The van der Waals surface area contributed by atoms with Gasteiger partial charge in [0.15, 0.2) is 9.84 Å². The molecule has 5 nitrogen and oxygen atoms in total. The lowest BCUT2D eigenvalue weighted by Crippen LogP contribution is -2.30. The highest BCUT2D eigenvalue weighted by molar-refractivity contribution is 7.90. The molecule has 136 valence electrons. The van der Waals surface area contributed by atoms with Crippen LogP contribution in [0.15, 0.2) is 47.4 Å². The number of para-hydroxylation sites is 1. The van der Waals surface area contributed by atoms with E-state index in [0.29, 0.717) is 5.56 Å². The molecule has 0 aliphatic carbocycles. The molecule has 7 heteroatoms. The van der Waals surface area contributed by atoms with Crippen molar-refractivity contribution < 1.29 is 13.2 Å². The van der Waals surface area contributed by atoms with Crippen LogP contribution in [0.3, 0.4) is 0 Å². The van der Waals surface area contributed by atoms with Crippen molar-refractivity contribution in [1.82, 2.24) is 9.88 Å². The fourth-order valence-electron chi connectivity index (χ4n) is 2.66. The van der Waals surface area contributed by atoms with Crippen LogP contribution in [0.4, 0.5) is 0 Å². The second-order valence-electron chi connectivity index (χ2n) is 6.36. The van der Waals surface area contributed by atoms with Crippen LogP contribution in [-0.2, 0) is 9.84 Å². The van der Waals surface area contributed by atoms with Gasteiger partial charge in [-0.15, -0.1) is 11.3 Å². The smallest absolute Gasteiger partial charge is 0.254 e. The SMILES string of the molecule is Cc1ccc(S(C)(=O)=O)cc1C(=O)N(C)[C@@H](C)c1nc2ccccc2s1. The third kappa shape index (κ3) is 3.50. The standard InChI is InChI=1S/C19H20N2O3S2/c1-12-9-10-14(26(4,23)24)11-15(12)19(22)21(3)13(2)18-20-16-7-5-6-8-17(16)25-18/h5-11,13H,1-4H3/t13-/m0/s1. The summed E-state index contributed by atoms with van der Waals surface area (Å²) in [5.41, 5.74) is 2.05. The predicted octanol–water partition coefficient (Wildman–Crippen LogP) is 3.84. The van der Waals surface area contributed by atoms with Crippen molar-refractivity contribution in [3.05, 3.63) is 58.6 Å². The molecule has 0 spiro atoms. The summed E-state index contributed by atoms with van der Waals surface area (Å²) in [5.74, 6) is -0.222. The summed E-state index contributed by atoms with van der Waals surface area (Å²) in [6, 6.07) is 12.3. The lowest BCUT2D eigenvalue weighted by atomic mass is 10.1. The predicted molar refractivity (Wildman–Crippen MR) is 104 cm³/mol. The summed E-state index contributed by atoms with van der Waals surface area (Å²) in [6.07, 6.45) is 1.14. The Balaban J connectivity index is 1.94. The minimum atomic E-state index is -3.37. The molecular weight excluding hydrogens is 368 g/mol. The zero-order valence-electron chi connectivity index (χ0n) is 15.1. The van der Waals surface area contributed by atoms with Gasteiger partial charge < -0.3 is 4.90 Å². The van der Waals surface area contributed by atoms with Crippen LogP contribution in [0, 0.1) is 6.92 Å². The Kier molecular flexibility index (Phi) is 4.86. The number of aryl methyl sites for hydroxylation is 1. The van der Waals surface area contributed by atoms with E-state index in [1.807, 2.05) is 31.2 Å². The number of hydrogen-bond acceptors (Lipinski definition) is 5. The second-order valence-corrected chi connectivity index (χ2v) is 9.44. The molecule has 0 saturated heterocycles. The molecule has 1 amide bonds. The van der Waals surface area contributed by atoms with E-state index in [1.54, 1.807) is 36.3 Å². The first-order valence-electron chi connectivity index (χ1n) is 8.12. The number of carbonyl (C=O) groups is 1. The Labute approximate surface area is 157 Å². The number of benzene rings is 2. The third-order valence-electron chi connectivity index (χ3n) is 4.44. The van der Waals surface area contributed by atoms with Crippen LogP contribution in [0.5, 0.6) is 0 Å². The van der Waals surface area contributed by atoms with E-state index in [0.717, 1.165) is 27.0 Å². The molecule has 0 unspecified atom stereocenters. The van der Waals surface area contributed by atoms with E-state index in [9.17, 15) is 13.2 Å². The topological polar surface area (TPSA) is 67.3 Å². The highest BCUT2D eigenvalue weighted by Gasteiger charge is 2.24. The van der Waals surface area contributed by atoms with Gasteiger partial charge in [0, 0.05) is 18.9 Å². The average molecular weight is 389 g/mol. The first-order chi connectivity index (χ1) is 12.2. The van der Waals surface area contributed by atoms with Crippen molar-refractivity contribution >= 4 is 37.3 Å². The molecule has 0 N–H and O–H groups in total. The number of sulfone groups is 1. The molecule has 0 fully saturated rings. The maximum atomic E-state index is 13.0. The molecule has 26 heavy (non-hydrogen) atoms. The van der Waals surface area contributed by atoms with E-state index in [2.05, 4.69) is 4.98 Å². The van der Waals surface area contributed by atoms with Crippen molar-refractivity contribution in [2.45, 2.75) is 24.8 Å². The summed E-state index contributed by atoms with van der Waals surface area (Å²) in [7, 11) is -1.66. The van der Waals surface area contributed by atoms with Crippen molar-refractivity contribution in [3.63, 3.8) is 0 Å². The Morgan fingerprint density at radius 3 is 2.54 bits per heavy atom. The molecule has 0 bridgehead atoms. The summed E-state index contributed by atoms with van der Waals surface area (Å²) in [6.45, 7) is 3.72. The lowest BCUT2D eigenvalue weighted by molar-refractivity contribution is 0.0741. The van der Waals surface area contributed by atoms with Crippen molar-refractivity contribution in [2.24, 2.45) is 0 Å². The van der Waals surface area contributed by atoms with E-state index in [-0.39, 0.29) is 16.8 Å². The van der Waals surface area contributed by atoms with Gasteiger partial charge in [-0.2, -0.15) is 0 Å². The van der Waals surface area contributed by atoms with Crippen LogP contribution in [0.2, 0.25) is 0 Å². The normalized spacial score (nSPS) is 12.9. The van der Waals surface area contributed by atoms with Gasteiger partial charge >= 0.3 is 0 Å². The van der Waals surface area contributed by atoms with Gasteiger partial charge in [0.1, 0.15) is 5.01 Å². The number of nitrogens with zero attached hydrogens (tertiary/aromatic N) is 2. The molecule has 1 heterocycles. The van der Waals surface area contributed by atoms with Gasteiger partial charge in [-0.1, -0.05) is 18.2 Å². The largest absolute Gasteiger partial charge is 0.333 e. The number of rotatable bonds is 4. The maximum absolute atomic E-state index is 13.0. The summed E-state index contributed by atoms with van der Waals surface area (Å²) >= 11 is 1.56. The highest BCUT2D eigenvalue weighted by atomic mass is 32.2. The molecule has 0 aliphatic heterocycles. The molecule has 2 aromatic carbocycles. The molecule has 0 aliphatic rings. The summed E-state index contributed by atoms with van der Waals surface area (Å²) in [5, 5.41) is 0.846. The second kappa shape index (κ2) is 6.81. The quantitative estimate of drug-likeness (QED) is 0.681. The fourth-order valence-corrected chi connectivity index (χ4v) is 4.37. The minimum absolute atomic E-state index is 0.146. The van der Waals surface area contributed by atoms with Crippen molar-refractivity contribution in [2.75, 3.05) is 13.3 Å². The van der Waals surface area contributed by atoms with Crippen LogP contribution in [-0.4, -0.2) is 37.5 Å². The lowest BCUT2D eigenvalue weighted by Gasteiger charge is -2.24. The molecule has 3 rings (SSSR count). The summed E-state index contributed by atoms with van der Waals surface area (Å²) in [4.78, 5) is 19.3. The van der Waals surface area contributed by atoms with Crippen LogP contribution < -0.4 is 0 Å². The maximum Gasteiger partial charge on any atom is 0.254 e. The molecular formula is C19H20N2O3S2. The van der Waals surface area contributed by atoms with E-state index >= 15 is 0 Å². The Bertz CT molecular complexity index is 1050. The van der Waals surface area contributed by atoms with Crippen molar-refractivity contribution in [3.8, 4) is 0 Å². The summed E-state index contributed by atoms with van der Waals surface area (Å²) < 4.78 is 24.7. The molecule has 0 radical (unpaired) electrons. The molecule has 3 aromatic rings. The van der Waals surface area contributed by atoms with E-state index in [1.165, 1.54) is 12.1 Å². The van der Waals surface area contributed by atoms with Gasteiger partial charge in [0.05, 0.1) is 21.2 Å². The van der Waals surface area contributed by atoms with Crippen molar-refractivity contribution in [1.29, 1.82) is 0 Å². The minimum Gasteiger partial charge on any atom is -0.333 e. The zero-order valence-corrected chi connectivity index (χ0v) is 16.7. The zero-order chi connectivity index (χ0) is 19.1. The Morgan fingerprint density at radius 1 is 1.19 bits per heavy atom. The molecule has 1 atom stereocenters. The van der Waals surface area contributed by atoms with Crippen LogP contribution in [0.25, 0.3) is 10.2 Å². The number of hydrogen-bond donors (Lipinski definition) is 0. The Morgan fingerprint density at radius 2 is 1.88 bits per heavy atom. The number of thiazole rings is 1. The number of aromatic nitrogens is 1. The van der Waals surface area contributed by atoms with Gasteiger partial charge in [-0.25, -0.2) is 13.4 Å². The van der Waals surface area contributed by atoms with E-state index < -0.39 is 9.84 Å². The first kappa shape index (κ1) is 18.5. The van der Waals surface area contributed by atoms with Gasteiger partial charge in [-0.3, -0.25) is 4.79 Å². The molecule has 1 aromatic heterocycles. The van der Waals surface area contributed by atoms with Gasteiger partial charge in [-0.05, 0) is 43.7 Å². The fraction of sp³-hybridized carbons (Fsp3) is 0.263. The monoisotopic (exact) mass is 388 g/mol. The Hall–Kier alpha value is -2.25. The molecule has 0 saturated carbocycles. The average Bonchev–Trinajstić information content (AvgIpc) is 3.03. The number of amides is 1. The van der Waals surface area contributed by atoms with E-state index in [4.69, 9.17) is 0 Å². The number of carbonyl (C=O) groups excluding carboxylic acids is 1.